The molecule has 0 aliphatic heterocycles. The highest BCUT2D eigenvalue weighted by atomic mass is 14.8. The van der Waals surface area contributed by atoms with E-state index >= 15 is 0 Å². The third-order valence-corrected chi connectivity index (χ3v) is 5.09. The first-order chi connectivity index (χ1) is 13.2. The number of benzene rings is 1. The number of pyridine rings is 2. The molecule has 0 radical (unpaired) electrons. The summed E-state index contributed by atoms with van der Waals surface area (Å²) in [6.45, 7) is 6.32. The Morgan fingerprint density at radius 3 is 2.59 bits per heavy atom. The van der Waals surface area contributed by atoms with Gasteiger partial charge in [0.1, 0.15) is 6.33 Å². The van der Waals surface area contributed by atoms with Crippen LogP contribution in [0.5, 0.6) is 0 Å². The van der Waals surface area contributed by atoms with E-state index < -0.39 is 0 Å². The fourth-order valence-electron chi connectivity index (χ4n) is 3.53. The van der Waals surface area contributed by atoms with E-state index in [1.165, 1.54) is 21.9 Å². The normalized spacial score (nSPS) is 11.1. The van der Waals surface area contributed by atoms with E-state index in [2.05, 4.69) is 66.1 Å². The van der Waals surface area contributed by atoms with Gasteiger partial charge in [-0.3, -0.25) is 9.97 Å². The summed E-state index contributed by atoms with van der Waals surface area (Å²) in [7, 11) is 0. The molecule has 4 heteroatoms. The molecule has 3 heterocycles. The number of rotatable bonds is 4. The second-order valence-electron chi connectivity index (χ2n) is 6.78. The summed E-state index contributed by atoms with van der Waals surface area (Å²) in [5, 5.41) is 2.45. The minimum absolute atomic E-state index is 0.758. The zero-order chi connectivity index (χ0) is 18.8. The van der Waals surface area contributed by atoms with Crippen molar-refractivity contribution in [1.82, 2.24) is 19.9 Å². The van der Waals surface area contributed by atoms with Gasteiger partial charge in [0.05, 0.1) is 11.4 Å². The Morgan fingerprint density at radius 2 is 1.74 bits per heavy atom. The van der Waals surface area contributed by atoms with Crippen molar-refractivity contribution in [2.45, 2.75) is 33.6 Å². The lowest BCUT2D eigenvalue weighted by molar-refractivity contribution is 0.995. The van der Waals surface area contributed by atoms with E-state index in [1.54, 1.807) is 6.33 Å². The zero-order valence-corrected chi connectivity index (χ0v) is 15.9. The number of fused-ring (bicyclic) bond motifs is 1. The highest BCUT2D eigenvalue weighted by Gasteiger charge is 2.13. The van der Waals surface area contributed by atoms with Crippen molar-refractivity contribution in [2.24, 2.45) is 0 Å². The van der Waals surface area contributed by atoms with Crippen molar-refractivity contribution in [1.29, 1.82) is 0 Å². The number of hydrogen-bond donors (Lipinski definition) is 0. The molecule has 0 spiro atoms. The Balaban J connectivity index is 1.84. The molecule has 1 aromatic carbocycles. The van der Waals surface area contributed by atoms with Gasteiger partial charge in [-0.1, -0.05) is 19.1 Å². The summed E-state index contributed by atoms with van der Waals surface area (Å²) in [4.78, 5) is 18.0. The molecule has 27 heavy (non-hydrogen) atoms. The van der Waals surface area contributed by atoms with Gasteiger partial charge in [-0.25, -0.2) is 9.97 Å². The summed E-state index contributed by atoms with van der Waals surface area (Å²) < 4.78 is 0. The predicted molar refractivity (Wildman–Crippen MR) is 109 cm³/mol. The lowest BCUT2D eigenvalue weighted by atomic mass is 9.94. The van der Waals surface area contributed by atoms with Crippen LogP contribution < -0.4 is 0 Å². The van der Waals surface area contributed by atoms with E-state index in [9.17, 15) is 0 Å². The summed E-state index contributed by atoms with van der Waals surface area (Å²) >= 11 is 0. The molecule has 4 rings (SSSR count). The lowest BCUT2D eigenvalue weighted by Crippen LogP contribution is -2.01. The average Bonchev–Trinajstić information content (AvgIpc) is 2.71. The average molecular weight is 354 g/mol. The first-order valence-electron chi connectivity index (χ1n) is 9.26. The van der Waals surface area contributed by atoms with Crippen LogP contribution in [0.4, 0.5) is 0 Å². The molecular formula is C23H22N4. The van der Waals surface area contributed by atoms with Gasteiger partial charge >= 0.3 is 0 Å². The van der Waals surface area contributed by atoms with Crippen LogP contribution in [0.2, 0.25) is 0 Å². The van der Waals surface area contributed by atoms with Crippen molar-refractivity contribution in [2.75, 3.05) is 0 Å². The fraction of sp³-hybridized carbons (Fsp3) is 0.217. The monoisotopic (exact) mass is 354 g/mol. The maximum atomic E-state index is 4.70. The van der Waals surface area contributed by atoms with E-state index in [0.717, 1.165) is 41.2 Å². The van der Waals surface area contributed by atoms with E-state index in [1.807, 2.05) is 18.5 Å². The van der Waals surface area contributed by atoms with Gasteiger partial charge in [0, 0.05) is 41.2 Å². The van der Waals surface area contributed by atoms with Gasteiger partial charge in [-0.05, 0) is 61.0 Å². The van der Waals surface area contributed by atoms with Crippen molar-refractivity contribution in [3.8, 4) is 11.3 Å². The Hall–Kier alpha value is -3.14. The molecule has 0 bridgehead atoms. The molecule has 4 aromatic rings. The minimum atomic E-state index is 0.758. The van der Waals surface area contributed by atoms with E-state index in [-0.39, 0.29) is 0 Å². The van der Waals surface area contributed by atoms with Crippen LogP contribution in [0.3, 0.4) is 0 Å². The number of aryl methyl sites for hydroxylation is 3. The van der Waals surface area contributed by atoms with Crippen molar-refractivity contribution in [3.63, 3.8) is 0 Å². The minimum Gasteiger partial charge on any atom is -0.261 e. The highest BCUT2D eigenvalue weighted by molar-refractivity contribution is 5.88. The van der Waals surface area contributed by atoms with Crippen LogP contribution in [0.15, 0.2) is 55.1 Å². The van der Waals surface area contributed by atoms with Crippen molar-refractivity contribution < 1.29 is 0 Å². The summed E-state index contributed by atoms with van der Waals surface area (Å²) in [5.41, 5.74) is 7.68. The predicted octanol–water partition coefficient (Wildman–Crippen LogP) is 4.86. The number of hydrogen-bond acceptors (Lipinski definition) is 4. The van der Waals surface area contributed by atoms with Gasteiger partial charge in [0.2, 0.25) is 0 Å². The highest BCUT2D eigenvalue weighted by Crippen LogP contribution is 2.29. The molecule has 3 aromatic heterocycles. The van der Waals surface area contributed by atoms with Crippen molar-refractivity contribution in [3.05, 3.63) is 83.3 Å². The Morgan fingerprint density at radius 1 is 0.852 bits per heavy atom. The van der Waals surface area contributed by atoms with Crippen LogP contribution in [0.1, 0.15) is 35.1 Å². The fourth-order valence-corrected chi connectivity index (χ4v) is 3.53. The van der Waals surface area contributed by atoms with Crippen molar-refractivity contribution >= 4 is 10.8 Å². The van der Waals surface area contributed by atoms with Crippen LogP contribution in [-0.2, 0) is 12.8 Å². The van der Waals surface area contributed by atoms with E-state index in [0.29, 0.717) is 0 Å². The Labute approximate surface area is 159 Å². The maximum Gasteiger partial charge on any atom is 0.116 e. The van der Waals surface area contributed by atoms with E-state index in [4.69, 9.17) is 4.98 Å². The third-order valence-electron chi connectivity index (χ3n) is 5.09. The largest absolute Gasteiger partial charge is 0.261 e. The van der Waals surface area contributed by atoms with Crippen LogP contribution in [0.25, 0.3) is 22.0 Å². The molecule has 0 fully saturated rings. The molecule has 0 aliphatic carbocycles. The Bertz CT molecular complexity index is 1120. The van der Waals surface area contributed by atoms with Gasteiger partial charge in [0.15, 0.2) is 0 Å². The Kier molecular flexibility index (Phi) is 4.63. The molecule has 0 aliphatic rings. The SMILES string of the molecule is CCc1cc(-c2cccnc2Cc2c(C)ccc3c(C)nccc23)ncn1. The number of nitrogens with zero attached hydrogens (tertiary/aromatic N) is 4. The second kappa shape index (κ2) is 7.23. The standard InChI is InChI=1S/C23H22N4/c1-4-17-12-22(27-14-26-17)20-6-5-10-25-23(20)13-21-15(2)7-8-18-16(3)24-11-9-19(18)21/h5-12,14H,4,13H2,1-3H3. The smallest absolute Gasteiger partial charge is 0.116 e. The molecule has 0 saturated heterocycles. The van der Waals surface area contributed by atoms with Gasteiger partial charge < -0.3 is 0 Å². The molecule has 0 unspecified atom stereocenters. The van der Waals surface area contributed by atoms with Gasteiger partial charge in [-0.2, -0.15) is 0 Å². The maximum absolute atomic E-state index is 4.70. The summed E-state index contributed by atoms with van der Waals surface area (Å²) in [5.74, 6) is 0. The van der Waals surface area contributed by atoms with Gasteiger partial charge in [-0.15, -0.1) is 0 Å². The molecule has 134 valence electrons. The van der Waals surface area contributed by atoms with Crippen LogP contribution in [-0.4, -0.2) is 19.9 Å². The topological polar surface area (TPSA) is 51.6 Å². The molecule has 0 saturated carbocycles. The quantitative estimate of drug-likeness (QED) is 0.525. The number of aromatic nitrogens is 4. The molecule has 4 nitrogen and oxygen atoms in total. The zero-order valence-electron chi connectivity index (χ0n) is 15.9. The summed E-state index contributed by atoms with van der Waals surface area (Å²) in [6, 6.07) is 12.6. The molecule has 0 atom stereocenters. The first-order valence-corrected chi connectivity index (χ1v) is 9.26. The van der Waals surface area contributed by atoms with Crippen LogP contribution >= 0.6 is 0 Å². The molecule has 0 N–H and O–H groups in total. The third kappa shape index (κ3) is 3.31. The summed E-state index contributed by atoms with van der Waals surface area (Å²) in [6.07, 6.45) is 7.03. The molecule has 0 amide bonds. The second-order valence-corrected chi connectivity index (χ2v) is 6.78. The lowest BCUT2D eigenvalue weighted by Gasteiger charge is -2.14. The first kappa shape index (κ1) is 17.3. The van der Waals surface area contributed by atoms with Crippen LogP contribution in [0, 0.1) is 13.8 Å². The molecular weight excluding hydrogens is 332 g/mol. The van der Waals surface area contributed by atoms with Gasteiger partial charge in [0.25, 0.3) is 0 Å².